The van der Waals surface area contributed by atoms with Gasteiger partial charge < -0.3 is 14.5 Å². The lowest BCUT2D eigenvalue weighted by molar-refractivity contribution is -0.133. The number of piperidine rings is 1. The molecule has 0 saturated carbocycles. The van der Waals surface area contributed by atoms with Gasteiger partial charge in [0.05, 0.1) is 6.10 Å². The number of amides is 2. The fourth-order valence-corrected chi connectivity index (χ4v) is 4.23. The quantitative estimate of drug-likeness (QED) is 0.733. The highest BCUT2D eigenvalue weighted by atomic mass is 16.6. The van der Waals surface area contributed by atoms with E-state index in [9.17, 15) is 9.59 Å². The topological polar surface area (TPSA) is 53.1 Å². The van der Waals surface area contributed by atoms with Gasteiger partial charge in [-0.3, -0.25) is 9.69 Å². The van der Waals surface area contributed by atoms with Crippen LogP contribution in [0.3, 0.4) is 0 Å². The average Bonchev–Trinajstić information content (AvgIpc) is 2.73. The van der Waals surface area contributed by atoms with Crippen molar-refractivity contribution in [2.45, 2.75) is 52.2 Å². The van der Waals surface area contributed by atoms with Crippen LogP contribution in [0.5, 0.6) is 0 Å². The summed E-state index contributed by atoms with van der Waals surface area (Å²) < 4.78 is 5.32. The molecule has 1 aromatic carbocycles. The van der Waals surface area contributed by atoms with Gasteiger partial charge >= 0.3 is 6.09 Å². The van der Waals surface area contributed by atoms with E-state index in [1.807, 2.05) is 24.8 Å². The van der Waals surface area contributed by atoms with Crippen LogP contribution < -0.4 is 0 Å². The molecule has 2 fully saturated rings. The Hall–Kier alpha value is -2.08. The Bertz CT molecular complexity index is 657. The molecule has 0 radical (unpaired) electrons. The summed E-state index contributed by atoms with van der Waals surface area (Å²) in [5.74, 6) is 0.651. The Labute approximate surface area is 174 Å². The van der Waals surface area contributed by atoms with E-state index >= 15 is 0 Å². The molecule has 0 aromatic heterocycles. The molecule has 6 nitrogen and oxygen atoms in total. The first-order valence-electron chi connectivity index (χ1n) is 11.0. The Balaban J connectivity index is 1.37. The molecule has 0 bridgehead atoms. The van der Waals surface area contributed by atoms with Gasteiger partial charge in [-0.05, 0) is 44.6 Å². The highest BCUT2D eigenvalue weighted by molar-refractivity contribution is 5.76. The number of carbonyl (C=O) groups is 2. The van der Waals surface area contributed by atoms with Gasteiger partial charge in [-0.25, -0.2) is 4.79 Å². The van der Waals surface area contributed by atoms with Crippen LogP contribution in [0.4, 0.5) is 4.79 Å². The normalized spacial score (nSPS) is 20.7. The predicted octanol–water partition coefficient (Wildman–Crippen LogP) is 3.37. The van der Waals surface area contributed by atoms with Crippen molar-refractivity contribution in [3.8, 4) is 0 Å². The van der Waals surface area contributed by atoms with Gasteiger partial charge in [0.1, 0.15) is 0 Å². The average molecular weight is 402 g/mol. The van der Waals surface area contributed by atoms with Gasteiger partial charge in [0.2, 0.25) is 5.91 Å². The van der Waals surface area contributed by atoms with E-state index in [2.05, 4.69) is 29.2 Å². The molecule has 2 heterocycles. The lowest BCUT2D eigenvalue weighted by Gasteiger charge is -2.36. The van der Waals surface area contributed by atoms with Crippen molar-refractivity contribution in [3.05, 3.63) is 35.9 Å². The maximum atomic E-state index is 12.7. The molecule has 0 spiro atoms. The first-order valence-corrected chi connectivity index (χ1v) is 11.0. The number of benzene rings is 1. The van der Waals surface area contributed by atoms with E-state index in [1.165, 1.54) is 5.56 Å². The third-order valence-corrected chi connectivity index (χ3v) is 5.85. The van der Waals surface area contributed by atoms with Crippen LogP contribution in [0.1, 0.15) is 45.1 Å². The molecule has 1 atom stereocenters. The number of rotatable bonds is 6. The zero-order chi connectivity index (χ0) is 20.6. The van der Waals surface area contributed by atoms with Crippen molar-refractivity contribution in [3.63, 3.8) is 0 Å². The van der Waals surface area contributed by atoms with Gasteiger partial charge in [0.15, 0.2) is 0 Å². The Morgan fingerprint density at radius 1 is 1.03 bits per heavy atom. The van der Waals surface area contributed by atoms with Crippen molar-refractivity contribution < 1.29 is 14.3 Å². The molecule has 0 N–H and O–H groups in total. The van der Waals surface area contributed by atoms with Gasteiger partial charge in [0, 0.05) is 52.2 Å². The van der Waals surface area contributed by atoms with Crippen LogP contribution >= 0.6 is 0 Å². The van der Waals surface area contributed by atoms with Crippen molar-refractivity contribution >= 4 is 12.0 Å². The fourth-order valence-electron chi connectivity index (χ4n) is 4.23. The molecule has 0 unspecified atom stereocenters. The van der Waals surface area contributed by atoms with Gasteiger partial charge in [-0.15, -0.1) is 0 Å². The minimum absolute atomic E-state index is 0.0926. The summed E-state index contributed by atoms with van der Waals surface area (Å²) in [5, 5.41) is 0. The third-order valence-electron chi connectivity index (χ3n) is 5.85. The van der Waals surface area contributed by atoms with Crippen LogP contribution in [-0.2, 0) is 16.1 Å². The minimum Gasteiger partial charge on any atom is -0.447 e. The number of hydrogen-bond donors (Lipinski definition) is 0. The van der Waals surface area contributed by atoms with Crippen LogP contribution in [0.15, 0.2) is 30.3 Å². The summed E-state index contributed by atoms with van der Waals surface area (Å²) in [5.41, 5.74) is 1.32. The molecule has 3 rings (SSSR count). The minimum atomic E-state index is -0.217. The molecular weight excluding hydrogens is 366 g/mol. The third kappa shape index (κ3) is 6.74. The molecule has 0 aliphatic carbocycles. The number of likely N-dealkylation sites (tertiary alicyclic amines) is 1. The number of ether oxygens (including phenoxy) is 1. The maximum absolute atomic E-state index is 12.7. The number of carbonyl (C=O) groups excluding carboxylic acids is 2. The molecule has 2 amide bonds. The van der Waals surface area contributed by atoms with Crippen molar-refractivity contribution in [2.75, 3.05) is 39.3 Å². The summed E-state index contributed by atoms with van der Waals surface area (Å²) in [7, 11) is 0. The van der Waals surface area contributed by atoms with Crippen molar-refractivity contribution in [2.24, 2.45) is 5.92 Å². The van der Waals surface area contributed by atoms with Crippen molar-refractivity contribution in [1.29, 1.82) is 0 Å². The molecule has 2 saturated heterocycles. The van der Waals surface area contributed by atoms with E-state index in [0.29, 0.717) is 18.9 Å². The monoisotopic (exact) mass is 401 g/mol. The summed E-state index contributed by atoms with van der Waals surface area (Å²) in [6, 6.07) is 10.5. The largest absolute Gasteiger partial charge is 0.447 e. The predicted molar refractivity (Wildman–Crippen MR) is 113 cm³/mol. The van der Waals surface area contributed by atoms with Gasteiger partial charge in [-0.2, -0.15) is 0 Å². The van der Waals surface area contributed by atoms with Crippen LogP contribution in [-0.4, -0.2) is 72.1 Å². The molecule has 2 aliphatic heterocycles. The highest BCUT2D eigenvalue weighted by Gasteiger charge is 2.27. The summed E-state index contributed by atoms with van der Waals surface area (Å²) in [4.78, 5) is 31.0. The second kappa shape index (κ2) is 10.6. The molecule has 6 heteroatoms. The zero-order valence-corrected chi connectivity index (χ0v) is 17.9. The summed E-state index contributed by atoms with van der Waals surface area (Å²) in [6.45, 7) is 9.65. The number of piperazine rings is 1. The lowest BCUT2D eigenvalue weighted by Crippen LogP contribution is -2.48. The standard InChI is InChI=1S/C23H35N3O3/c1-19(2)29-23(28)26-12-6-9-21(18-26)10-11-22(27)25-15-13-24(14-16-25)17-20-7-4-3-5-8-20/h3-5,7-8,19,21H,6,9-18H2,1-2H3/t21-/m0/s1. The van der Waals surface area contributed by atoms with E-state index in [1.54, 1.807) is 4.90 Å². The second-order valence-electron chi connectivity index (χ2n) is 8.57. The van der Waals surface area contributed by atoms with Crippen LogP contribution in [0.2, 0.25) is 0 Å². The zero-order valence-electron chi connectivity index (χ0n) is 17.9. The lowest BCUT2D eigenvalue weighted by atomic mass is 9.93. The van der Waals surface area contributed by atoms with E-state index in [0.717, 1.165) is 58.5 Å². The molecule has 2 aliphatic rings. The first kappa shape index (κ1) is 21.6. The number of nitrogens with zero attached hydrogens (tertiary/aromatic N) is 3. The van der Waals surface area contributed by atoms with Crippen molar-refractivity contribution in [1.82, 2.24) is 14.7 Å². The van der Waals surface area contributed by atoms with Gasteiger partial charge in [-0.1, -0.05) is 30.3 Å². The first-order chi connectivity index (χ1) is 14.0. The highest BCUT2D eigenvalue weighted by Crippen LogP contribution is 2.22. The summed E-state index contributed by atoms with van der Waals surface area (Å²) >= 11 is 0. The van der Waals surface area contributed by atoms with E-state index < -0.39 is 0 Å². The van der Waals surface area contributed by atoms with E-state index in [4.69, 9.17) is 4.74 Å². The van der Waals surface area contributed by atoms with E-state index in [-0.39, 0.29) is 18.1 Å². The smallest absolute Gasteiger partial charge is 0.410 e. The fraction of sp³-hybridized carbons (Fsp3) is 0.652. The Morgan fingerprint density at radius 2 is 1.76 bits per heavy atom. The molecular formula is C23H35N3O3. The van der Waals surface area contributed by atoms with Crippen LogP contribution in [0, 0.1) is 5.92 Å². The Morgan fingerprint density at radius 3 is 2.45 bits per heavy atom. The molecule has 1 aromatic rings. The summed E-state index contributed by atoms with van der Waals surface area (Å²) in [6.07, 6.45) is 3.20. The molecule has 160 valence electrons. The SMILES string of the molecule is CC(C)OC(=O)N1CCC[C@@H](CCC(=O)N2CCN(Cc3ccccc3)CC2)C1. The van der Waals surface area contributed by atoms with Crippen LogP contribution in [0.25, 0.3) is 0 Å². The second-order valence-corrected chi connectivity index (χ2v) is 8.57. The number of hydrogen-bond acceptors (Lipinski definition) is 4. The Kier molecular flexibility index (Phi) is 7.92. The maximum Gasteiger partial charge on any atom is 0.410 e. The van der Waals surface area contributed by atoms with Gasteiger partial charge in [0.25, 0.3) is 0 Å². The molecule has 29 heavy (non-hydrogen) atoms.